The molecule has 0 fully saturated rings. The van der Waals surface area contributed by atoms with Gasteiger partial charge >= 0.3 is 0 Å². The number of benzene rings is 3. The highest BCUT2D eigenvalue weighted by molar-refractivity contribution is 5.80. The zero-order valence-electron chi connectivity index (χ0n) is 17.9. The second-order valence-corrected chi connectivity index (χ2v) is 8.02. The Labute approximate surface area is 185 Å². The Morgan fingerprint density at radius 1 is 0.812 bits per heavy atom. The number of fused-ring (bicyclic) bond motifs is 2. The number of nitrogens with zero attached hydrogens (tertiary/aromatic N) is 4. The van der Waals surface area contributed by atoms with Gasteiger partial charge in [0.25, 0.3) is 0 Å². The number of aromatic amines is 2. The molecule has 7 nitrogen and oxygen atoms in total. The molecule has 0 aliphatic carbocycles. The van der Waals surface area contributed by atoms with Crippen molar-refractivity contribution in [1.82, 2.24) is 30.8 Å². The summed E-state index contributed by atoms with van der Waals surface area (Å²) in [6.07, 6.45) is 3.05. The van der Waals surface area contributed by atoms with E-state index in [0.29, 0.717) is 12.8 Å². The normalized spacial score (nSPS) is 11.4. The van der Waals surface area contributed by atoms with Crippen molar-refractivity contribution in [2.45, 2.75) is 32.6 Å². The van der Waals surface area contributed by atoms with Gasteiger partial charge in [0.1, 0.15) is 27.8 Å². The minimum Gasteiger partial charge on any atom is -0.507 e. The standard InChI is InChI=1S/C25H24N6O/c1-3-6-15(2)23-19(14-18-8-5-10-21-25(18)29-31-27-21)16(11-12-22(23)32)13-17-7-4-9-20-24(17)28-30-26-20/h4-5,7-12,32H,2-3,6,13-14H2,1H3,(H,26,28,30)(H,27,29,31). The summed E-state index contributed by atoms with van der Waals surface area (Å²) in [5, 5.41) is 33.4. The maximum absolute atomic E-state index is 10.8. The topological polar surface area (TPSA) is 103 Å². The van der Waals surface area contributed by atoms with Gasteiger partial charge in [0.2, 0.25) is 0 Å². The van der Waals surface area contributed by atoms with Crippen LogP contribution >= 0.6 is 0 Å². The van der Waals surface area contributed by atoms with Gasteiger partial charge < -0.3 is 5.11 Å². The fourth-order valence-electron chi connectivity index (χ4n) is 4.40. The van der Waals surface area contributed by atoms with Crippen LogP contribution in [0.25, 0.3) is 27.6 Å². The highest BCUT2D eigenvalue weighted by Gasteiger charge is 2.19. The predicted octanol–water partition coefficient (Wildman–Crippen LogP) is 4.93. The van der Waals surface area contributed by atoms with Crippen LogP contribution in [0.1, 0.15) is 47.6 Å². The molecular weight excluding hydrogens is 400 g/mol. The molecule has 0 aliphatic rings. The third kappa shape index (κ3) is 3.51. The second-order valence-electron chi connectivity index (χ2n) is 8.02. The lowest BCUT2D eigenvalue weighted by atomic mass is 9.86. The zero-order valence-corrected chi connectivity index (χ0v) is 17.9. The number of aromatic hydroxyl groups is 1. The Morgan fingerprint density at radius 2 is 1.44 bits per heavy atom. The number of phenolic OH excluding ortho intramolecular Hbond substituents is 1. The third-order valence-corrected chi connectivity index (χ3v) is 5.90. The van der Waals surface area contributed by atoms with E-state index in [4.69, 9.17) is 0 Å². The van der Waals surface area contributed by atoms with Gasteiger partial charge in [-0.2, -0.15) is 30.8 Å². The van der Waals surface area contributed by atoms with Crippen LogP contribution in [0.5, 0.6) is 5.75 Å². The predicted molar refractivity (Wildman–Crippen MR) is 125 cm³/mol. The lowest BCUT2D eigenvalue weighted by molar-refractivity contribution is 0.472. The molecule has 0 bridgehead atoms. The van der Waals surface area contributed by atoms with Gasteiger partial charge in [-0.05, 0) is 52.4 Å². The summed E-state index contributed by atoms with van der Waals surface area (Å²) in [4.78, 5) is 0. The van der Waals surface area contributed by atoms with Crippen molar-refractivity contribution in [3.8, 4) is 5.75 Å². The van der Waals surface area contributed by atoms with Crippen molar-refractivity contribution < 1.29 is 5.11 Å². The zero-order chi connectivity index (χ0) is 22.1. The molecule has 5 aromatic rings. The first-order valence-corrected chi connectivity index (χ1v) is 10.7. The molecular formula is C25H24N6O. The van der Waals surface area contributed by atoms with E-state index in [-0.39, 0.29) is 5.75 Å². The summed E-state index contributed by atoms with van der Waals surface area (Å²) < 4.78 is 0. The van der Waals surface area contributed by atoms with Crippen molar-refractivity contribution >= 4 is 27.6 Å². The van der Waals surface area contributed by atoms with Crippen LogP contribution in [-0.2, 0) is 12.8 Å². The maximum atomic E-state index is 10.8. The molecule has 0 radical (unpaired) electrons. The molecule has 0 amide bonds. The largest absolute Gasteiger partial charge is 0.507 e. The van der Waals surface area contributed by atoms with Crippen LogP contribution in [-0.4, -0.2) is 35.9 Å². The van der Waals surface area contributed by atoms with E-state index < -0.39 is 0 Å². The Kier molecular flexibility index (Phi) is 5.15. The molecule has 32 heavy (non-hydrogen) atoms. The summed E-state index contributed by atoms with van der Waals surface area (Å²) in [6, 6.07) is 15.8. The minimum absolute atomic E-state index is 0.258. The van der Waals surface area contributed by atoms with E-state index in [0.717, 1.165) is 68.3 Å². The molecule has 0 saturated carbocycles. The molecule has 160 valence electrons. The van der Waals surface area contributed by atoms with Gasteiger partial charge in [-0.3, -0.25) is 0 Å². The fourth-order valence-corrected chi connectivity index (χ4v) is 4.40. The van der Waals surface area contributed by atoms with E-state index in [9.17, 15) is 5.11 Å². The number of allylic oxidation sites excluding steroid dienone is 1. The van der Waals surface area contributed by atoms with Crippen molar-refractivity contribution in [3.63, 3.8) is 0 Å². The molecule has 0 saturated heterocycles. The number of H-pyrrole nitrogens is 2. The SMILES string of the molecule is C=C(CCC)c1c(O)ccc(Cc2cccc3n[nH]nc23)c1Cc1cccc2n[nH]nc12. The van der Waals surface area contributed by atoms with E-state index in [1.54, 1.807) is 6.07 Å². The molecule has 0 spiro atoms. The first kappa shape index (κ1) is 19.9. The number of nitrogens with one attached hydrogen (secondary N) is 2. The quantitative estimate of drug-likeness (QED) is 0.344. The van der Waals surface area contributed by atoms with Gasteiger partial charge in [0, 0.05) is 18.4 Å². The Morgan fingerprint density at radius 3 is 2.06 bits per heavy atom. The summed E-state index contributed by atoms with van der Waals surface area (Å²) in [6.45, 7) is 6.42. The smallest absolute Gasteiger partial charge is 0.123 e. The molecule has 7 heteroatoms. The average Bonchev–Trinajstić information content (AvgIpc) is 3.46. The van der Waals surface area contributed by atoms with Gasteiger partial charge in [-0.1, -0.05) is 50.3 Å². The maximum Gasteiger partial charge on any atom is 0.123 e. The number of aromatic nitrogens is 6. The Balaban J connectivity index is 1.66. The Hall–Kier alpha value is -4.00. The molecule has 3 aromatic carbocycles. The minimum atomic E-state index is 0.258. The van der Waals surface area contributed by atoms with Crippen molar-refractivity contribution in [2.75, 3.05) is 0 Å². The summed E-state index contributed by atoms with van der Waals surface area (Å²) >= 11 is 0. The molecule has 0 unspecified atom stereocenters. The van der Waals surface area contributed by atoms with Crippen molar-refractivity contribution in [3.05, 3.63) is 82.9 Å². The van der Waals surface area contributed by atoms with Crippen LogP contribution < -0.4 is 0 Å². The molecule has 2 aromatic heterocycles. The first-order valence-electron chi connectivity index (χ1n) is 10.7. The van der Waals surface area contributed by atoms with Crippen LogP contribution in [0.4, 0.5) is 0 Å². The first-order chi connectivity index (χ1) is 15.7. The second kappa shape index (κ2) is 8.26. The summed E-state index contributed by atoms with van der Waals surface area (Å²) in [7, 11) is 0. The van der Waals surface area contributed by atoms with Gasteiger partial charge in [-0.15, -0.1) is 0 Å². The van der Waals surface area contributed by atoms with Crippen molar-refractivity contribution in [2.24, 2.45) is 0 Å². The molecule has 5 rings (SSSR count). The Bertz CT molecular complexity index is 1430. The van der Waals surface area contributed by atoms with E-state index in [1.807, 2.05) is 30.3 Å². The molecule has 3 N–H and O–H groups in total. The number of hydrogen-bond donors (Lipinski definition) is 3. The summed E-state index contributed by atoms with van der Waals surface area (Å²) in [5.41, 5.74) is 9.43. The molecule has 2 heterocycles. The highest BCUT2D eigenvalue weighted by atomic mass is 16.3. The molecule has 0 aliphatic heterocycles. The van der Waals surface area contributed by atoms with E-state index in [1.165, 1.54) is 0 Å². The fraction of sp³-hybridized carbons (Fsp3) is 0.200. The lowest BCUT2D eigenvalue weighted by Crippen LogP contribution is -2.04. The van der Waals surface area contributed by atoms with Crippen LogP contribution in [0, 0.1) is 0 Å². The number of rotatable bonds is 7. The third-order valence-electron chi connectivity index (χ3n) is 5.90. The van der Waals surface area contributed by atoms with Gasteiger partial charge in [-0.25, -0.2) is 0 Å². The van der Waals surface area contributed by atoms with Crippen LogP contribution in [0.15, 0.2) is 55.1 Å². The number of hydrogen-bond acceptors (Lipinski definition) is 5. The van der Waals surface area contributed by atoms with E-state index in [2.05, 4.69) is 56.5 Å². The number of phenols is 1. The average molecular weight is 425 g/mol. The van der Waals surface area contributed by atoms with E-state index >= 15 is 0 Å². The monoisotopic (exact) mass is 424 g/mol. The summed E-state index contributed by atoms with van der Waals surface area (Å²) in [5.74, 6) is 0.258. The van der Waals surface area contributed by atoms with Gasteiger partial charge in [0.15, 0.2) is 0 Å². The van der Waals surface area contributed by atoms with Crippen LogP contribution in [0.2, 0.25) is 0 Å². The highest BCUT2D eigenvalue weighted by Crippen LogP contribution is 2.36. The van der Waals surface area contributed by atoms with Crippen LogP contribution in [0.3, 0.4) is 0 Å². The molecule has 0 atom stereocenters. The van der Waals surface area contributed by atoms with Crippen molar-refractivity contribution in [1.29, 1.82) is 0 Å². The number of para-hydroxylation sites is 2. The lowest BCUT2D eigenvalue weighted by Gasteiger charge is -2.19. The van der Waals surface area contributed by atoms with Gasteiger partial charge in [0.05, 0.1) is 0 Å².